The summed E-state index contributed by atoms with van der Waals surface area (Å²) in [7, 11) is 0. The van der Waals surface area contributed by atoms with Crippen molar-refractivity contribution in [2.45, 2.75) is 0 Å². The molecule has 1 fully saturated rings. The summed E-state index contributed by atoms with van der Waals surface area (Å²) in [5.74, 6) is -1.58. The van der Waals surface area contributed by atoms with Gasteiger partial charge in [-0.05, 0) is 76.1 Å². The van der Waals surface area contributed by atoms with E-state index in [0.717, 1.165) is 9.37 Å². The molecule has 0 radical (unpaired) electrons. The minimum atomic E-state index is -0.829. The van der Waals surface area contributed by atoms with Gasteiger partial charge in [-0.3, -0.25) is 19.7 Å². The van der Waals surface area contributed by atoms with Crippen molar-refractivity contribution in [2.24, 2.45) is 0 Å². The third-order valence-electron chi connectivity index (χ3n) is 4.96. The molecule has 1 heterocycles. The molecule has 0 aromatic heterocycles. The summed E-state index contributed by atoms with van der Waals surface area (Å²) < 4.78 is 6.84. The van der Waals surface area contributed by atoms with E-state index in [0.29, 0.717) is 32.2 Å². The van der Waals surface area contributed by atoms with Crippen LogP contribution in [0.2, 0.25) is 5.02 Å². The van der Waals surface area contributed by atoms with Crippen LogP contribution in [-0.2, 0) is 14.4 Å². The Balaban J connectivity index is 1.48. The maximum absolute atomic E-state index is 13.0. The average molecular weight is 634 g/mol. The van der Waals surface area contributed by atoms with E-state index < -0.39 is 23.8 Å². The van der Waals surface area contributed by atoms with Gasteiger partial charge in [-0.15, -0.1) is 0 Å². The highest BCUT2D eigenvalue weighted by molar-refractivity contribution is 9.10. The van der Waals surface area contributed by atoms with Gasteiger partial charge in [-0.1, -0.05) is 45.7 Å². The summed E-state index contributed by atoms with van der Waals surface area (Å²) in [5, 5.41) is 5.25. The Labute approximate surface area is 227 Å². The predicted octanol–water partition coefficient (Wildman–Crippen LogP) is 5.55. The van der Waals surface area contributed by atoms with Gasteiger partial charge in [0.2, 0.25) is 0 Å². The van der Waals surface area contributed by atoms with Gasteiger partial charge >= 0.3 is 6.03 Å². The van der Waals surface area contributed by atoms with Crippen LogP contribution in [0.3, 0.4) is 0 Å². The molecule has 0 saturated carbocycles. The van der Waals surface area contributed by atoms with Crippen molar-refractivity contribution in [2.75, 3.05) is 16.8 Å². The first-order valence-electron chi connectivity index (χ1n) is 10.4. The fraction of sp³-hybridized carbons (Fsp3) is 0.0400. The predicted molar refractivity (Wildman–Crippen MR) is 143 cm³/mol. The van der Waals surface area contributed by atoms with Crippen LogP contribution in [0.1, 0.15) is 5.56 Å². The summed E-state index contributed by atoms with van der Waals surface area (Å²) >= 11 is 12.7. The van der Waals surface area contributed by atoms with Crippen LogP contribution in [0.15, 0.2) is 81.2 Å². The summed E-state index contributed by atoms with van der Waals surface area (Å²) in [5.41, 5.74) is 1.08. The Morgan fingerprint density at radius 1 is 1.03 bits per heavy atom. The largest absolute Gasteiger partial charge is 0.483 e. The third kappa shape index (κ3) is 5.84. The number of imide groups is 2. The molecule has 1 aliphatic heterocycles. The molecule has 36 heavy (non-hydrogen) atoms. The molecule has 1 saturated heterocycles. The van der Waals surface area contributed by atoms with Crippen LogP contribution < -0.4 is 20.3 Å². The Hall–Kier alpha value is -3.47. The molecule has 0 unspecified atom stereocenters. The van der Waals surface area contributed by atoms with Crippen molar-refractivity contribution in [1.82, 2.24) is 5.32 Å². The zero-order valence-electron chi connectivity index (χ0n) is 18.3. The maximum Gasteiger partial charge on any atom is 0.335 e. The molecule has 0 atom stereocenters. The van der Waals surface area contributed by atoms with Gasteiger partial charge in [0.25, 0.3) is 17.7 Å². The lowest BCUT2D eigenvalue weighted by Gasteiger charge is -2.26. The number of nitrogens with one attached hydrogen (secondary N) is 2. The zero-order chi connectivity index (χ0) is 25.8. The highest BCUT2D eigenvalue weighted by atomic mass is 79.9. The minimum absolute atomic E-state index is 0.211. The number of anilines is 2. The highest BCUT2D eigenvalue weighted by Gasteiger charge is 2.36. The Bertz CT molecular complexity index is 1410. The summed E-state index contributed by atoms with van der Waals surface area (Å²) in [4.78, 5) is 50.9. The standard InChI is InChI=1S/C25H16Br2ClN3O5/c26-15-6-8-16(9-7-15)31-24(34)17(23(33)30-25(31)35)11-14-5-10-21(18(27)12-14)36-13-22(32)29-20-4-2-1-3-19(20)28/h1-12H,13H2,(H,29,32)(H,30,33,35)/b17-11+. The number of ether oxygens (including phenoxy) is 1. The second kappa shape index (κ2) is 11.1. The summed E-state index contributed by atoms with van der Waals surface area (Å²) in [6.45, 7) is -0.268. The van der Waals surface area contributed by atoms with Crippen molar-refractivity contribution >= 4 is 84.7 Å². The molecule has 3 aromatic rings. The molecule has 0 aliphatic carbocycles. The van der Waals surface area contributed by atoms with Crippen LogP contribution >= 0.6 is 43.5 Å². The molecule has 0 bridgehead atoms. The minimum Gasteiger partial charge on any atom is -0.483 e. The number of hydrogen-bond acceptors (Lipinski definition) is 5. The van der Waals surface area contributed by atoms with Gasteiger partial charge in [0.1, 0.15) is 11.3 Å². The second-order valence-electron chi connectivity index (χ2n) is 7.44. The van der Waals surface area contributed by atoms with E-state index in [1.165, 1.54) is 6.08 Å². The van der Waals surface area contributed by atoms with E-state index in [-0.39, 0.29) is 12.2 Å². The van der Waals surface area contributed by atoms with E-state index in [9.17, 15) is 19.2 Å². The van der Waals surface area contributed by atoms with Gasteiger partial charge in [0, 0.05) is 4.47 Å². The topological polar surface area (TPSA) is 105 Å². The van der Waals surface area contributed by atoms with Crippen LogP contribution in [0.5, 0.6) is 5.75 Å². The number of halogens is 3. The van der Waals surface area contributed by atoms with Crippen molar-refractivity contribution in [3.63, 3.8) is 0 Å². The Morgan fingerprint density at radius 3 is 2.44 bits per heavy atom. The first kappa shape index (κ1) is 25.6. The number of barbiturate groups is 1. The lowest BCUT2D eigenvalue weighted by molar-refractivity contribution is -0.122. The van der Waals surface area contributed by atoms with Crippen LogP contribution in [0.25, 0.3) is 6.08 Å². The third-order valence-corrected chi connectivity index (χ3v) is 6.44. The van der Waals surface area contributed by atoms with Gasteiger partial charge in [-0.2, -0.15) is 0 Å². The van der Waals surface area contributed by atoms with E-state index in [2.05, 4.69) is 42.5 Å². The van der Waals surface area contributed by atoms with Gasteiger partial charge in [-0.25, -0.2) is 9.69 Å². The number of hydrogen-bond donors (Lipinski definition) is 2. The second-order valence-corrected chi connectivity index (χ2v) is 9.62. The van der Waals surface area contributed by atoms with Crippen molar-refractivity contribution < 1.29 is 23.9 Å². The van der Waals surface area contributed by atoms with Crippen molar-refractivity contribution in [1.29, 1.82) is 0 Å². The SMILES string of the molecule is O=C(COc1ccc(/C=C2\C(=O)NC(=O)N(c3ccc(Br)cc3)C2=O)cc1Br)Nc1ccccc1Cl. The molecular formula is C25H16Br2ClN3O5. The number of carbonyl (C=O) groups excluding carboxylic acids is 4. The molecule has 11 heteroatoms. The first-order chi connectivity index (χ1) is 17.2. The molecule has 182 valence electrons. The van der Waals surface area contributed by atoms with E-state index in [4.69, 9.17) is 16.3 Å². The fourth-order valence-electron chi connectivity index (χ4n) is 3.26. The number of nitrogens with zero attached hydrogens (tertiary/aromatic N) is 1. The molecule has 1 aliphatic rings. The number of benzene rings is 3. The number of amides is 5. The Kier molecular flexibility index (Phi) is 7.88. The number of para-hydroxylation sites is 1. The smallest absolute Gasteiger partial charge is 0.335 e. The van der Waals surface area contributed by atoms with Gasteiger partial charge < -0.3 is 10.1 Å². The molecule has 5 amide bonds. The molecule has 8 nitrogen and oxygen atoms in total. The average Bonchev–Trinajstić information content (AvgIpc) is 2.84. The van der Waals surface area contributed by atoms with E-state index >= 15 is 0 Å². The molecule has 2 N–H and O–H groups in total. The van der Waals surface area contributed by atoms with Crippen molar-refractivity contribution in [3.05, 3.63) is 91.8 Å². The molecule has 4 rings (SSSR count). The van der Waals surface area contributed by atoms with Crippen LogP contribution in [0.4, 0.5) is 16.2 Å². The number of carbonyl (C=O) groups is 4. The fourth-order valence-corrected chi connectivity index (χ4v) is 4.22. The quantitative estimate of drug-likeness (QED) is 0.274. The highest BCUT2D eigenvalue weighted by Crippen LogP contribution is 2.29. The van der Waals surface area contributed by atoms with Crippen LogP contribution in [0, 0.1) is 0 Å². The van der Waals surface area contributed by atoms with Crippen LogP contribution in [-0.4, -0.2) is 30.4 Å². The summed E-state index contributed by atoms with van der Waals surface area (Å²) in [6, 6.07) is 17.3. The number of urea groups is 1. The van der Waals surface area contributed by atoms with Gasteiger partial charge in [0.15, 0.2) is 6.61 Å². The Morgan fingerprint density at radius 2 is 1.75 bits per heavy atom. The van der Waals surface area contributed by atoms with Crippen molar-refractivity contribution in [3.8, 4) is 5.75 Å². The molecule has 0 spiro atoms. The molecule has 3 aromatic carbocycles. The zero-order valence-corrected chi connectivity index (χ0v) is 22.2. The van der Waals surface area contributed by atoms with Gasteiger partial charge in [0.05, 0.1) is 20.9 Å². The summed E-state index contributed by atoms with van der Waals surface area (Å²) in [6.07, 6.45) is 1.37. The lowest BCUT2D eigenvalue weighted by Crippen LogP contribution is -2.54. The molecular weight excluding hydrogens is 618 g/mol. The monoisotopic (exact) mass is 631 g/mol. The maximum atomic E-state index is 13.0. The number of rotatable bonds is 6. The van der Waals surface area contributed by atoms with E-state index in [1.807, 2.05) is 0 Å². The van der Waals surface area contributed by atoms with E-state index in [1.54, 1.807) is 66.7 Å². The lowest BCUT2D eigenvalue weighted by atomic mass is 10.1. The first-order valence-corrected chi connectivity index (χ1v) is 12.3. The normalized spacial score (nSPS) is 14.6.